The first-order valence-electron chi connectivity index (χ1n) is 6.02. The molecule has 0 radical (unpaired) electrons. The third-order valence-electron chi connectivity index (χ3n) is 3.41. The Morgan fingerprint density at radius 1 is 1.47 bits per heavy atom. The molecule has 0 spiro atoms. The van der Waals surface area contributed by atoms with Gasteiger partial charge in [-0.25, -0.2) is 4.98 Å². The van der Waals surface area contributed by atoms with Gasteiger partial charge in [-0.3, -0.25) is 19.5 Å². The molecule has 98 valence electrons. The van der Waals surface area contributed by atoms with Crippen molar-refractivity contribution in [3.63, 3.8) is 0 Å². The maximum absolute atomic E-state index is 12.3. The summed E-state index contributed by atoms with van der Waals surface area (Å²) in [6.45, 7) is 0.599. The molecular formula is C12H12N4O3. The van der Waals surface area contributed by atoms with Crippen LogP contribution in [0, 0.1) is 10.1 Å². The van der Waals surface area contributed by atoms with E-state index in [-0.39, 0.29) is 17.3 Å². The number of non-ortho nitro benzene ring substituents is 1. The van der Waals surface area contributed by atoms with Gasteiger partial charge in [0.1, 0.15) is 5.82 Å². The zero-order valence-corrected chi connectivity index (χ0v) is 10.1. The predicted molar refractivity (Wildman–Crippen MR) is 68.8 cm³/mol. The fraction of sp³-hybridized carbons (Fsp3) is 0.333. The van der Waals surface area contributed by atoms with Crippen LogP contribution < -0.4 is 11.3 Å². The minimum Gasteiger partial charge on any atom is -0.321 e. The molecule has 0 saturated heterocycles. The van der Waals surface area contributed by atoms with Crippen molar-refractivity contribution < 1.29 is 4.92 Å². The molecule has 0 fully saturated rings. The van der Waals surface area contributed by atoms with Crippen LogP contribution in [0.4, 0.5) is 5.69 Å². The van der Waals surface area contributed by atoms with Crippen LogP contribution in [0.25, 0.3) is 10.9 Å². The predicted octanol–water partition coefficient (Wildman–Crippen LogP) is 1.10. The van der Waals surface area contributed by atoms with E-state index in [0.29, 0.717) is 23.3 Å². The highest BCUT2D eigenvalue weighted by Gasteiger charge is 2.21. The number of hydrogen-bond donors (Lipinski definition) is 1. The maximum Gasteiger partial charge on any atom is 0.271 e. The van der Waals surface area contributed by atoms with Crippen molar-refractivity contribution in [3.8, 4) is 0 Å². The van der Waals surface area contributed by atoms with Gasteiger partial charge in [0.15, 0.2) is 0 Å². The summed E-state index contributed by atoms with van der Waals surface area (Å²) in [4.78, 5) is 26.9. The zero-order chi connectivity index (χ0) is 13.6. The summed E-state index contributed by atoms with van der Waals surface area (Å²) in [7, 11) is 0. The van der Waals surface area contributed by atoms with E-state index in [1.165, 1.54) is 18.2 Å². The second-order valence-corrected chi connectivity index (χ2v) is 4.63. The second kappa shape index (κ2) is 4.13. The van der Waals surface area contributed by atoms with Gasteiger partial charge < -0.3 is 5.73 Å². The number of hydrogen-bond acceptors (Lipinski definition) is 5. The molecule has 0 unspecified atom stereocenters. The van der Waals surface area contributed by atoms with E-state index < -0.39 is 4.92 Å². The Kier molecular flexibility index (Phi) is 2.56. The molecule has 0 saturated carbocycles. The maximum atomic E-state index is 12.3. The summed E-state index contributed by atoms with van der Waals surface area (Å²) in [6, 6.07) is 3.81. The molecule has 2 aromatic rings. The van der Waals surface area contributed by atoms with E-state index in [0.717, 1.165) is 12.8 Å². The van der Waals surface area contributed by atoms with Crippen molar-refractivity contribution in [1.82, 2.24) is 9.55 Å². The van der Waals surface area contributed by atoms with E-state index in [1.807, 2.05) is 0 Å². The number of rotatable bonds is 1. The smallest absolute Gasteiger partial charge is 0.271 e. The standard InChI is InChI=1S/C12H12N4O3/c13-9-2-1-5-15-11(9)14-10-6-7(16(18)19)3-4-8(10)12(15)17/h3-4,6,9H,1-2,5,13H2/t9-/m0/s1. The number of benzene rings is 1. The van der Waals surface area contributed by atoms with Gasteiger partial charge in [0.05, 0.1) is 21.9 Å². The summed E-state index contributed by atoms with van der Waals surface area (Å²) < 4.78 is 1.57. The van der Waals surface area contributed by atoms with Gasteiger partial charge in [-0.15, -0.1) is 0 Å². The molecule has 1 aromatic heterocycles. The molecular weight excluding hydrogens is 248 g/mol. The second-order valence-electron chi connectivity index (χ2n) is 4.63. The summed E-state index contributed by atoms with van der Waals surface area (Å²) >= 11 is 0. The monoisotopic (exact) mass is 260 g/mol. The van der Waals surface area contributed by atoms with E-state index in [1.54, 1.807) is 4.57 Å². The molecule has 1 aliphatic heterocycles. The average Bonchev–Trinajstić information content (AvgIpc) is 2.40. The number of nitro groups is 1. The minimum atomic E-state index is -0.502. The molecule has 19 heavy (non-hydrogen) atoms. The number of aromatic nitrogens is 2. The Morgan fingerprint density at radius 2 is 2.26 bits per heavy atom. The minimum absolute atomic E-state index is 0.0752. The van der Waals surface area contributed by atoms with Gasteiger partial charge in [0.2, 0.25) is 0 Å². The number of nitrogens with two attached hydrogens (primary N) is 1. The molecule has 2 N–H and O–H groups in total. The lowest BCUT2D eigenvalue weighted by Crippen LogP contribution is -2.33. The van der Waals surface area contributed by atoms with E-state index in [9.17, 15) is 14.9 Å². The fourth-order valence-corrected chi connectivity index (χ4v) is 2.44. The Morgan fingerprint density at radius 3 is 3.00 bits per heavy atom. The van der Waals surface area contributed by atoms with Crippen LogP contribution in [0.1, 0.15) is 24.7 Å². The molecule has 7 nitrogen and oxygen atoms in total. The molecule has 0 amide bonds. The fourth-order valence-electron chi connectivity index (χ4n) is 2.44. The molecule has 7 heteroatoms. The van der Waals surface area contributed by atoms with Gasteiger partial charge in [-0.2, -0.15) is 0 Å². The molecule has 1 atom stereocenters. The number of fused-ring (bicyclic) bond motifs is 2. The van der Waals surface area contributed by atoms with Crippen molar-refractivity contribution in [1.29, 1.82) is 0 Å². The van der Waals surface area contributed by atoms with Crippen molar-refractivity contribution in [2.45, 2.75) is 25.4 Å². The Bertz CT molecular complexity index is 738. The van der Waals surface area contributed by atoms with Crippen LogP contribution >= 0.6 is 0 Å². The molecule has 2 heterocycles. The van der Waals surface area contributed by atoms with E-state index >= 15 is 0 Å². The van der Waals surface area contributed by atoms with Crippen molar-refractivity contribution in [2.75, 3.05) is 0 Å². The van der Waals surface area contributed by atoms with Crippen molar-refractivity contribution in [3.05, 3.63) is 44.5 Å². The third kappa shape index (κ3) is 1.78. The average molecular weight is 260 g/mol. The third-order valence-corrected chi connectivity index (χ3v) is 3.41. The summed E-state index contributed by atoms with van der Waals surface area (Å²) in [6.07, 6.45) is 1.61. The highest BCUT2D eigenvalue weighted by Crippen LogP contribution is 2.23. The van der Waals surface area contributed by atoms with Crippen LogP contribution in [-0.4, -0.2) is 14.5 Å². The van der Waals surface area contributed by atoms with Gasteiger partial charge >= 0.3 is 0 Å². The highest BCUT2D eigenvalue weighted by atomic mass is 16.6. The molecule has 1 aliphatic rings. The first-order chi connectivity index (χ1) is 9.08. The Hall–Kier alpha value is -2.28. The van der Waals surface area contributed by atoms with Crippen molar-refractivity contribution >= 4 is 16.6 Å². The molecule has 3 rings (SSSR count). The lowest BCUT2D eigenvalue weighted by atomic mass is 10.1. The Balaban J connectivity index is 2.33. The SMILES string of the molecule is N[C@H]1CCCn2c1nc1cc([N+](=O)[O-])ccc1c2=O. The topological polar surface area (TPSA) is 104 Å². The largest absolute Gasteiger partial charge is 0.321 e. The van der Waals surface area contributed by atoms with Gasteiger partial charge in [-0.05, 0) is 18.9 Å². The van der Waals surface area contributed by atoms with Crippen LogP contribution in [0.3, 0.4) is 0 Å². The van der Waals surface area contributed by atoms with Crippen LogP contribution in [-0.2, 0) is 6.54 Å². The first-order valence-corrected chi connectivity index (χ1v) is 6.02. The number of nitrogens with zero attached hydrogens (tertiary/aromatic N) is 3. The molecule has 1 aromatic carbocycles. The van der Waals surface area contributed by atoms with Gasteiger partial charge in [0.25, 0.3) is 11.2 Å². The van der Waals surface area contributed by atoms with E-state index in [2.05, 4.69) is 4.98 Å². The lowest BCUT2D eigenvalue weighted by Gasteiger charge is -2.23. The summed E-state index contributed by atoms with van der Waals surface area (Å²) in [5, 5.41) is 11.1. The normalized spacial score (nSPS) is 18.3. The number of nitro benzene ring substituents is 1. The van der Waals surface area contributed by atoms with Crippen LogP contribution in [0.2, 0.25) is 0 Å². The highest BCUT2D eigenvalue weighted by molar-refractivity contribution is 5.80. The van der Waals surface area contributed by atoms with Gasteiger partial charge in [0, 0.05) is 18.7 Å². The van der Waals surface area contributed by atoms with Crippen LogP contribution in [0.5, 0.6) is 0 Å². The quantitative estimate of drug-likeness (QED) is 0.610. The molecule has 0 aliphatic carbocycles. The van der Waals surface area contributed by atoms with Crippen LogP contribution in [0.15, 0.2) is 23.0 Å². The van der Waals surface area contributed by atoms with Crippen molar-refractivity contribution in [2.24, 2.45) is 5.73 Å². The van der Waals surface area contributed by atoms with E-state index in [4.69, 9.17) is 5.73 Å². The Labute approximate surface area is 107 Å². The van der Waals surface area contributed by atoms with Gasteiger partial charge in [-0.1, -0.05) is 0 Å². The lowest BCUT2D eigenvalue weighted by molar-refractivity contribution is -0.384. The summed E-state index contributed by atoms with van der Waals surface area (Å²) in [5.74, 6) is 0.518. The zero-order valence-electron chi connectivity index (χ0n) is 10.1. The summed E-state index contributed by atoms with van der Waals surface area (Å²) in [5.41, 5.74) is 6.03. The first kappa shape index (κ1) is 11.8. The molecule has 0 bridgehead atoms.